The van der Waals surface area contributed by atoms with Crippen LogP contribution in [0.3, 0.4) is 0 Å². The van der Waals surface area contributed by atoms with Crippen LogP contribution in [0.2, 0.25) is 0 Å². The average Bonchev–Trinajstić information content (AvgIpc) is 3.37. The second-order valence-corrected chi connectivity index (χ2v) is 8.15. The highest BCUT2D eigenvalue weighted by atomic mass is 16.5. The number of ether oxygens (including phenoxy) is 1. The number of imide groups is 1. The Morgan fingerprint density at radius 1 is 0.862 bits per heavy atom. The summed E-state index contributed by atoms with van der Waals surface area (Å²) in [7, 11) is 1.64. The summed E-state index contributed by atoms with van der Waals surface area (Å²) in [5.41, 5.74) is 3.95. The third kappa shape index (κ3) is 2.63. The van der Waals surface area contributed by atoms with Crippen molar-refractivity contribution in [3.05, 3.63) is 59.2 Å². The smallest absolute Gasteiger partial charge is 0.253 e. The Labute approximate surface area is 170 Å². The number of fused-ring (bicyclic) bond motifs is 3. The third-order valence-corrected chi connectivity index (χ3v) is 6.61. The Morgan fingerprint density at radius 3 is 2.21 bits per heavy atom. The zero-order valence-corrected chi connectivity index (χ0v) is 17.0. The van der Waals surface area contributed by atoms with Crippen molar-refractivity contribution in [2.75, 3.05) is 25.1 Å². The number of carbonyl (C=O) groups is 2. The van der Waals surface area contributed by atoms with Gasteiger partial charge in [0.25, 0.3) is 5.91 Å². The average molecular weight is 391 g/mol. The summed E-state index contributed by atoms with van der Waals surface area (Å²) in [4.78, 5) is 28.4. The fourth-order valence-corrected chi connectivity index (χ4v) is 5.03. The first-order valence-electron chi connectivity index (χ1n) is 10.1. The van der Waals surface area contributed by atoms with Crippen LogP contribution in [-0.4, -0.2) is 48.1 Å². The van der Waals surface area contributed by atoms with E-state index in [-0.39, 0.29) is 17.9 Å². The fourth-order valence-electron chi connectivity index (χ4n) is 5.03. The largest absolute Gasteiger partial charge is 0.497 e. The van der Waals surface area contributed by atoms with E-state index in [1.54, 1.807) is 7.11 Å². The molecule has 0 aromatic heterocycles. The zero-order valence-electron chi connectivity index (χ0n) is 17.0. The van der Waals surface area contributed by atoms with Gasteiger partial charge in [0.05, 0.1) is 24.8 Å². The molecule has 6 nitrogen and oxygen atoms in total. The Balaban J connectivity index is 1.56. The number of aryl methyl sites for hydroxylation is 2. The monoisotopic (exact) mass is 391 g/mol. The van der Waals surface area contributed by atoms with Gasteiger partial charge in [0.2, 0.25) is 5.91 Å². The number of benzene rings is 2. The Morgan fingerprint density at radius 2 is 1.55 bits per heavy atom. The molecule has 3 aliphatic heterocycles. The van der Waals surface area contributed by atoms with Gasteiger partial charge in [-0.15, -0.1) is 0 Å². The van der Waals surface area contributed by atoms with E-state index in [1.165, 1.54) is 4.90 Å². The van der Waals surface area contributed by atoms with Gasteiger partial charge in [0, 0.05) is 13.1 Å². The SMILES string of the molecule is COc1ccc(C2C3C(=O)N(c4ccc(C)c(C)c4)C(=O)C3N3CCCN23)cc1. The molecule has 29 heavy (non-hydrogen) atoms. The number of hydrazine groups is 1. The molecule has 0 spiro atoms. The van der Waals surface area contributed by atoms with Crippen LogP contribution in [0.5, 0.6) is 5.75 Å². The van der Waals surface area contributed by atoms with Crippen LogP contribution < -0.4 is 9.64 Å². The van der Waals surface area contributed by atoms with Crippen LogP contribution in [0.15, 0.2) is 42.5 Å². The van der Waals surface area contributed by atoms with Crippen LogP contribution in [0, 0.1) is 19.8 Å². The molecule has 3 atom stereocenters. The summed E-state index contributed by atoms with van der Waals surface area (Å²) in [5, 5.41) is 4.35. The van der Waals surface area contributed by atoms with Gasteiger partial charge in [-0.2, -0.15) is 0 Å². The molecule has 3 unspecified atom stereocenters. The molecule has 150 valence electrons. The van der Waals surface area contributed by atoms with Crippen molar-refractivity contribution in [2.45, 2.75) is 32.4 Å². The second kappa shape index (κ2) is 6.68. The summed E-state index contributed by atoms with van der Waals surface area (Å²) in [6.45, 7) is 5.72. The maximum atomic E-state index is 13.6. The fraction of sp³-hybridized carbons (Fsp3) is 0.391. The molecule has 2 aromatic carbocycles. The first-order chi connectivity index (χ1) is 14.0. The highest BCUT2D eigenvalue weighted by molar-refractivity contribution is 6.24. The van der Waals surface area contributed by atoms with E-state index in [0.717, 1.165) is 42.0 Å². The number of rotatable bonds is 3. The standard InChI is InChI=1S/C23H25N3O3/c1-14-5-8-17(13-15(14)2)26-22(27)19-20(16-6-9-18(29-3)10-7-16)24-11-4-12-25(24)21(19)23(26)28/h5-10,13,19-21H,4,11-12H2,1-3H3. The van der Waals surface area contributed by atoms with Crippen molar-refractivity contribution in [3.63, 3.8) is 0 Å². The summed E-state index contributed by atoms with van der Waals surface area (Å²) in [6, 6.07) is 13.1. The van der Waals surface area contributed by atoms with Crippen LogP contribution >= 0.6 is 0 Å². The molecule has 2 aromatic rings. The van der Waals surface area contributed by atoms with E-state index in [4.69, 9.17) is 4.74 Å². The van der Waals surface area contributed by atoms with Gasteiger partial charge in [0.1, 0.15) is 11.8 Å². The van der Waals surface area contributed by atoms with E-state index in [0.29, 0.717) is 5.69 Å². The minimum absolute atomic E-state index is 0.0986. The van der Waals surface area contributed by atoms with Gasteiger partial charge < -0.3 is 4.74 Å². The molecule has 3 fully saturated rings. The zero-order chi connectivity index (χ0) is 20.3. The second-order valence-electron chi connectivity index (χ2n) is 8.15. The molecule has 0 saturated carbocycles. The summed E-state index contributed by atoms with van der Waals surface area (Å²) < 4.78 is 5.29. The Hall–Kier alpha value is -2.70. The molecular formula is C23H25N3O3. The highest BCUT2D eigenvalue weighted by Crippen LogP contribution is 2.49. The topological polar surface area (TPSA) is 53.1 Å². The quantitative estimate of drug-likeness (QED) is 0.753. The van der Waals surface area contributed by atoms with Crippen LogP contribution in [0.1, 0.15) is 29.2 Å². The molecule has 6 heteroatoms. The van der Waals surface area contributed by atoms with E-state index in [2.05, 4.69) is 10.0 Å². The van der Waals surface area contributed by atoms with Crippen molar-refractivity contribution < 1.29 is 14.3 Å². The van der Waals surface area contributed by atoms with Gasteiger partial charge in [-0.05, 0) is 61.2 Å². The van der Waals surface area contributed by atoms with Gasteiger partial charge >= 0.3 is 0 Å². The third-order valence-electron chi connectivity index (χ3n) is 6.61. The highest BCUT2D eigenvalue weighted by Gasteiger charge is 2.62. The maximum absolute atomic E-state index is 13.6. The lowest BCUT2D eigenvalue weighted by Crippen LogP contribution is -2.44. The number of hydrogen-bond donors (Lipinski definition) is 0. The Bertz CT molecular complexity index is 987. The van der Waals surface area contributed by atoms with Crippen LogP contribution in [0.4, 0.5) is 5.69 Å². The summed E-state index contributed by atoms with van der Waals surface area (Å²) in [5.74, 6) is 0.189. The molecule has 3 saturated heterocycles. The van der Waals surface area contributed by atoms with Gasteiger partial charge in [-0.3, -0.25) is 9.59 Å². The number of anilines is 1. The van der Waals surface area contributed by atoms with Crippen molar-refractivity contribution in [1.82, 2.24) is 10.0 Å². The van der Waals surface area contributed by atoms with Crippen molar-refractivity contribution in [2.24, 2.45) is 5.92 Å². The molecule has 0 aliphatic carbocycles. The summed E-state index contributed by atoms with van der Waals surface area (Å²) in [6.07, 6.45) is 1.00. The molecule has 0 N–H and O–H groups in total. The van der Waals surface area contributed by atoms with Crippen LogP contribution in [-0.2, 0) is 9.59 Å². The van der Waals surface area contributed by atoms with Crippen molar-refractivity contribution >= 4 is 17.5 Å². The minimum Gasteiger partial charge on any atom is -0.497 e. The number of nitrogens with zero attached hydrogens (tertiary/aromatic N) is 3. The lowest BCUT2D eigenvalue weighted by molar-refractivity contribution is -0.126. The van der Waals surface area contributed by atoms with Crippen molar-refractivity contribution in [3.8, 4) is 5.75 Å². The van der Waals surface area contributed by atoms with Gasteiger partial charge in [0.15, 0.2) is 0 Å². The normalized spacial score (nSPS) is 26.9. The van der Waals surface area contributed by atoms with E-state index in [1.807, 2.05) is 56.3 Å². The summed E-state index contributed by atoms with van der Waals surface area (Å²) >= 11 is 0. The van der Waals surface area contributed by atoms with Crippen molar-refractivity contribution in [1.29, 1.82) is 0 Å². The first kappa shape index (κ1) is 18.3. The Kier molecular flexibility index (Phi) is 4.22. The van der Waals surface area contributed by atoms with E-state index < -0.39 is 12.0 Å². The number of amides is 2. The molecule has 5 rings (SSSR count). The van der Waals surface area contributed by atoms with Gasteiger partial charge in [-0.1, -0.05) is 18.2 Å². The lowest BCUT2D eigenvalue weighted by atomic mass is 9.90. The first-order valence-corrected chi connectivity index (χ1v) is 10.1. The molecule has 2 amide bonds. The molecule has 3 heterocycles. The predicted molar refractivity (Wildman–Crippen MR) is 109 cm³/mol. The predicted octanol–water partition coefficient (Wildman–Crippen LogP) is 2.85. The molecule has 0 radical (unpaired) electrons. The molecular weight excluding hydrogens is 366 g/mol. The van der Waals surface area contributed by atoms with Gasteiger partial charge in [-0.25, -0.2) is 14.9 Å². The molecule has 3 aliphatic rings. The number of hydrogen-bond acceptors (Lipinski definition) is 5. The maximum Gasteiger partial charge on any atom is 0.253 e. The van der Waals surface area contributed by atoms with Crippen LogP contribution in [0.25, 0.3) is 0 Å². The minimum atomic E-state index is -0.418. The number of carbonyl (C=O) groups excluding carboxylic acids is 2. The van der Waals surface area contributed by atoms with E-state index in [9.17, 15) is 9.59 Å². The van der Waals surface area contributed by atoms with E-state index >= 15 is 0 Å². The molecule has 0 bridgehead atoms. The lowest BCUT2D eigenvalue weighted by Gasteiger charge is -2.30. The number of methoxy groups -OCH3 is 1.